The van der Waals surface area contributed by atoms with Gasteiger partial charge in [0.25, 0.3) is 0 Å². The van der Waals surface area contributed by atoms with Crippen molar-refractivity contribution in [3.63, 3.8) is 0 Å². The van der Waals surface area contributed by atoms with Crippen molar-refractivity contribution in [2.45, 2.75) is 39.0 Å². The van der Waals surface area contributed by atoms with E-state index in [9.17, 15) is 14.9 Å². The molecule has 0 saturated carbocycles. The molecule has 112 valence electrons. The van der Waals surface area contributed by atoms with Gasteiger partial charge in [0.15, 0.2) is 5.41 Å². The Morgan fingerprint density at radius 1 is 1.30 bits per heavy atom. The predicted octanol–water partition coefficient (Wildman–Crippen LogP) is 2.61. The number of unbranched alkanes of at least 4 members (excludes halogenated alkanes) is 2. The summed E-state index contributed by atoms with van der Waals surface area (Å²) in [5.74, 6) is -2.27. The van der Waals surface area contributed by atoms with Crippen molar-refractivity contribution in [1.29, 1.82) is 5.26 Å². The van der Waals surface area contributed by atoms with Crippen LogP contribution in [0.1, 0.15) is 39.0 Å². The van der Waals surface area contributed by atoms with Crippen LogP contribution < -0.4 is 0 Å². The highest BCUT2D eigenvalue weighted by atomic mass is 16.5. The van der Waals surface area contributed by atoms with Gasteiger partial charge in [0.2, 0.25) is 0 Å². The smallest absolute Gasteiger partial charge is 0.324 e. The van der Waals surface area contributed by atoms with E-state index in [-0.39, 0.29) is 6.42 Å². The second-order valence-corrected chi connectivity index (χ2v) is 4.62. The van der Waals surface area contributed by atoms with Crippen LogP contribution in [0.15, 0.2) is 12.7 Å². The fraction of sp³-hybridized carbons (Fsp3) is 0.667. The van der Waals surface area contributed by atoms with Crippen molar-refractivity contribution in [1.82, 2.24) is 0 Å². The Bertz CT molecular complexity index is 368. The summed E-state index contributed by atoms with van der Waals surface area (Å²) in [7, 11) is 2.40. The zero-order chi connectivity index (χ0) is 15.6. The van der Waals surface area contributed by atoms with Crippen molar-refractivity contribution in [3.05, 3.63) is 12.7 Å². The molecule has 0 aliphatic carbocycles. The SMILES string of the molecule is C=CCC(C(=O)OC)(C(=O)OC)C(C#N)CCCCC. The number of nitriles is 1. The largest absolute Gasteiger partial charge is 0.468 e. The number of hydrogen-bond acceptors (Lipinski definition) is 5. The molecule has 0 fully saturated rings. The fourth-order valence-corrected chi connectivity index (χ4v) is 2.29. The first-order chi connectivity index (χ1) is 9.54. The molecule has 0 saturated heterocycles. The van der Waals surface area contributed by atoms with Crippen molar-refractivity contribution >= 4 is 11.9 Å². The number of esters is 2. The number of ether oxygens (including phenoxy) is 2. The van der Waals surface area contributed by atoms with E-state index in [4.69, 9.17) is 9.47 Å². The first-order valence-electron chi connectivity index (χ1n) is 6.72. The van der Waals surface area contributed by atoms with Crippen LogP contribution in [-0.2, 0) is 19.1 Å². The Morgan fingerprint density at radius 3 is 2.20 bits per heavy atom. The average molecular weight is 281 g/mol. The number of allylic oxidation sites excluding steroid dienone is 1. The summed E-state index contributed by atoms with van der Waals surface area (Å²) in [4.78, 5) is 24.3. The van der Waals surface area contributed by atoms with E-state index in [1.54, 1.807) is 0 Å². The molecule has 5 heteroatoms. The van der Waals surface area contributed by atoms with Gasteiger partial charge in [0.05, 0.1) is 26.2 Å². The van der Waals surface area contributed by atoms with Gasteiger partial charge in [0, 0.05) is 0 Å². The zero-order valence-corrected chi connectivity index (χ0v) is 12.5. The van der Waals surface area contributed by atoms with Gasteiger partial charge >= 0.3 is 11.9 Å². The molecule has 0 aliphatic heterocycles. The van der Waals surface area contributed by atoms with Crippen LogP contribution in [0.4, 0.5) is 0 Å². The van der Waals surface area contributed by atoms with E-state index >= 15 is 0 Å². The van der Waals surface area contributed by atoms with Crippen LogP contribution in [0, 0.1) is 22.7 Å². The molecule has 0 bridgehead atoms. The normalized spacial score (nSPS) is 12.1. The third kappa shape index (κ3) is 3.83. The third-order valence-electron chi connectivity index (χ3n) is 3.41. The summed E-state index contributed by atoms with van der Waals surface area (Å²) in [5.41, 5.74) is -1.62. The minimum atomic E-state index is -1.62. The van der Waals surface area contributed by atoms with Gasteiger partial charge in [-0.05, 0) is 12.8 Å². The number of nitrogens with zero attached hydrogens (tertiary/aromatic N) is 1. The van der Waals surface area contributed by atoms with E-state index in [1.807, 2.05) is 6.92 Å². The molecule has 0 spiro atoms. The van der Waals surface area contributed by atoms with Gasteiger partial charge in [0.1, 0.15) is 0 Å². The van der Waals surface area contributed by atoms with Gasteiger partial charge in [-0.25, -0.2) is 0 Å². The summed E-state index contributed by atoms with van der Waals surface area (Å²) in [6.07, 6.45) is 4.60. The third-order valence-corrected chi connectivity index (χ3v) is 3.41. The lowest BCUT2D eigenvalue weighted by Gasteiger charge is -2.31. The fourth-order valence-electron chi connectivity index (χ4n) is 2.29. The van der Waals surface area contributed by atoms with E-state index in [1.165, 1.54) is 20.3 Å². The van der Waals surface area contributed by atoms with Crippen molar-refractivity contribution in [2.24, 2.45) is 11.3 Å². The highest BCUT2D eigenvalue weighted by Crippen LogP contribution is 2.38. The molecule has 0 amide bonds. The second kappa shape index (κ2) is 9.13. The molecule has 0 aromatic heterocycles. The second-order valence-electron chi connectivity index (χ2n) is 4.62. The molecule has 5 nitrogen and oxygen atoms in total. The number of hydrogen-bond donors (Lipinski definition) is 0. The summed E-state index contributed by atoms with van der Waals surface area (Å²) in [5, 5.41) is 9.38. The maximum Gasteiger partial charge on any atom is 0.324 e. The lowest BCUT2D eigenvalue weighted by molar-refractivity contribution is -0.172. The van der Waals surface area contributed by atoms with Crippen LogP contribution >= 0.6 is 0 Å². The zero-order valence-electron chi connectivity index (χ0n) is 12.5. The standard InChI is InChI=1S/C15H23NO4/c1-5-7-8-9-12(11-16)15(10-6-2,13(17)19-3)14(18)20-4/h6,12H,2,5,7-10H2,1,3-4H3. The first-order valence-corrected chi connectivity index (χ1v) is 6.72. The molecule has 1 atom stereocenters. The number of carbonyl (C=O) groups is 2. The van der Waals surface area contributed by atoms with Crippen LogP contribution in [-0.4, -0.2) is 26.2 Å². The molecule has 0 rings (SSSR count). The van der Waals surface area contributed by atoms with E-state index in [0.717, 1.165) is 19.3 Å². The quantitative estimate of drug-likeness (QED) is 0.281. The average Bonchev–Trinajstić information content (AvgIpc) is 2.48. The maximum absolute atomic E-state index is 12.1. The summed E-state index contributed by atoms with van der Waals surface area (Å²) in [6.45, 7) is 5.61. The van der Waals surface area contributed by atoms with Gasteiger partial charge in [-0.1, -0.05) is 32.3 Å². The number of rotatable bonds is 9. The summed E-state index contributed by atoms with van der Waals surface area (Å²) in [6, 6.07) is 2.07. The Morgan fingerprint density at radius 2 is 1.85 bits per heavy atom. The van der Waals surface area contributed by atoms with E-state index < -0.39 is 23.3 Å². The minimum Gasteiger partial charge on any atom is -0.468 e. The van der Waals surface area contributed by atoms with Crippen LogP contribution in [0.3, 0.4) is 0 Å². The molecule has 0 aromatic rings. The minimum absolute atomic E-state index is 0.0245. The van der Waals surface area contributed by atoms with Gasteiger partial charge < -0.3 is 9.47 Å². The van der Waals surface area contributed by atoms with Crippen LogP contribution in [0.2, 0.25) is 0 Å². The molecular formula is C15H23NO4. The lowest BCUT2D eigenvalue weighted by atomic mass is 9.71. The Hall–Kier alpha value is -1.83. The highest BCUT2D eigenvalue weighted by Gasteiger charge is 2.53. The summed E-state index contributed by atoms with van der Waals surface area (Å²) < 4.78 is 9.48. The maximum atomic E-state index is 12.1. The number of methoxy groups -OCH3 is 2. The van der Waals surface area contributed by atoms with Crippen LogP contribution in [0.25, 0.3) is 0 Å². The molecule has 20 heavy (non-hydrogen) atoms. The number of carbonyl (C=O) groups excluding carboxylic acids is 2. The molecular weight excluding hydrogens is 258 g/mol. The first kappa shape index (κ1) is 18.2. The topological polar surface area (TPSA) is 76.4 Å². The van der Waals surface area contributed by atoms with Crippen molar-refractivity contribution in [2.75, 3.05) is 14.2 Å². The molecule has 0 heterocycles. The Kier molecular flexibility index (Phi) is 8.30. The monoisotopic (exact) mass is 281 g/mol. The van der Waals surface area contributed by atoms with E-state index in [0.29, 0.717) is 6.42 Å². The molecule has 0 aliphatic rings. The molecule has 0 aromatic carbocycles. The van der Waals surface area contributed by atoms with Crippen LogP contribution in [0.5, 0.6) is 0 Å². The highest BCUT2D eigenvalue weighted by molar-refractivity contribution is 6.01. The Labute approximate surface area is 120 Å². The molecule has 0 N–H and O–H groups in total. The lowest BCUT2D eigenvalue weighted by Crippen LogP contribution is -2.46. The summed E-state index contributed by atoms with van der Waals surface area (Å²) >= 11 is 0. The van der Waals surface area contributed by atoms with Gasteiger partial charge in [-0.2, -0.15) is 5.26 Å². The van der Waals surface area contributed by atoms with Crippen molar-refractivity contribution < 1.29 is 19.1 Å². The van der Waals surface area contributed by atoms with Gasteiger partial charge in [-0.15, -0.1) is 6.58 Å². The van der Waals surface area contributed by atoms with E-state index in [2.05, 4.69) is 12.6 Å². The molecule has 0 radical (unpaired) electrons. The molecule has 1 unspecified atom stereocenters. The van der Waals surface area contributed by atoms with Gasteiger partial charge in [-0.3, -0.25) is 9.59 Å². The predicted molar refractivity (Wildman–Crippen MR) is 74.5 cm³/mol. The van der Waals surface area contributed by atoms with Crippen molar-refractivity contribution in [3.8, 4) is 6.07 Å². The Balaban J connectivity index is 5.53.